The van der Waals surface area contributed by atoms with E-state index in [9.17, 15) is 4.80 Å². The Labute approximate surface area is 72.0 Å². The topological polar surface area (TPSA) is 20.2 Å². The number of hydrogen-bond donors (Lipinski definition) is 1. The maximum atomic E-state index is 9.21. The summed E-state index contributed by atoms with van der Waals surface area (Å²) in [6.07, 6.45) is 1.07. The fraction of sp³-hybridized carbons (Fsp3) is 0.250. The van der Waals surface area contributed by atoms with Gasteiger partial charge in [-0.1, -0.05) is 30.3 Å². The smallest absolute Gasteiger partial charge is 0.149 e. The molecule has 1 aromatic rings. The van der Waals surface area contributed by atoms with Crippen molar-refractivity contribution in [3.05, 3.63) is 35.9 Å². The van der Waals surface area contributed by atoms with Gasteiger partial charge in [0.1, 0.15) is 8.56 Å². The van der Waals surface area contributed by atoms with E-state index in [2.05, 4.69) is 24.3 Å². The molecule has 0 heterocycles. The molecule has 0 aromatic heterocycles. The van der Waals surface area contributed by atoms with Crippen LogP contribution in [0.15, 0.2) is 30.3 Å². The normalized spacial score (nSPS) is 13.2. The van der Waals surface area contributed by atoms with E-state index in [4.69, 9.17) is 0 Å². The van der Waals surface area contributed by atoms with Crippen molar-refractivity contribution in [2.45, 2.75) is 12.5 Å². The van der Waals surface area contributed by atoms with Gasteiger partial charge in [-0.3, -0.25) is 0 Å². The predicted molar refractivity (Wildman–Crippen MR) is 54.3 cm³/mol. The van der Waals surface area contributed by atoms with Crippen molar-refractivity contribution in [2.75, 3.05) is 0 Å². The number of aryl methyl sites for hydroxylation is 1. The van der Waals surface area contributed by atoms with Crippen molar-refractivity contribution in [1.82, 2.24) is 0 Å². The summed E-state index contributed by atoms with van der Waals surface area (Å²) in [4.78, 5) is 9.21. The number of hydrogen-bond acceptors (Lipinski definition) is 1. The first kappa shape index (κ1) is 8.71. The molecule has 0 saturated carbocycles. The van der Waals surface area contributed by atoms with Crippen molar-refractivity contribution in [3.8, 4) is 0 Å². The van der Waals surface area contributed by atoms with Crippen molar-refractivity contribution in [1.29, 1.82) is 0 Å². The third-order valence-electron chi connectivity index (χ3n) is 1.69. The Hall–Kier alpha value is -0.386. The zero-order valence-electron chi connectivity index (χ0n) is 6.83. The van der Waals surface area contributed by atoms with E-state index in [-0.39, 0.29) is 0 Å². The van der Waals surface area contributed by atoms with E-state index in [1.807, 2.05) is 6.07 Å². The lowest BCUT2D eigenvalue weighted by Crippen LogP contribution is -2.12. The first-order chi connectivity index (χ1) is 5.29. The summed E-state index contributed by atoms with van der Waals surface area (Å²) in [6, 6.07) is 11.4. The largest absolute Gasteiger partial charge is 0.439 e. The van der Waals surface area contributed by atoms with E-state index < -0.39 is 8.56 Å². The molecule has 11 heavy (non-hydrogen) atoms. The lowest BCUT2D eigenvalue weighted by molar-refractivity contribution is 0.590. The van der Waals surface area contributed by atoms with Crippen LogP contribution < -0.4 is 0 Å². The molecule has 0 aliphatic heterocycles. The summed E-state index contributed by atoms with van der Waals surface area (Å²) in [5.74, 6) is 0. The molecule has 0 spiro atoms. The molecule has 0 aliphatic carbocycles. The van der Waals surface area contributed by atoms with Crippen molar-refractivity contribution in [2.24, 2.45) is 0 Å². The Morgan fingerprint density at radius 3 is 2.45 bits per heavy atom. The van der Waals surface area contributed by atoms with Crippen LogP contribution in [0.4, 0.5) is 0 Å². The second-order valence-corrected chi connectivity index (χ2v) is 9.15. The van der Waals surface area contributed by atoms with Gasteiger partial charge < -0.3 is 4.80 Å². The van der Waals surface area contributed by atoms with Gasteiger partial charge in [-0.2, -0.15) is 0 Å². The molecule has 0 aliphatic rings. The Kier molecular flexibility index (Phi) is 3.55. The summed E-state index contributed by atoms with van der Waals surface area (Å²) < 4.78 is 0. The first-order valence-corrected chi connectivity index (χ1v) is 9.96. The maximum Gasteiger partial charge on any atom is 0.149 e. The SMILES string of the molecule is O[SiH]([SiH3])CCc1ccccc1. The Morgan fingerprint density at radius 2 is 1.91 bits per heavy atom. The molecule has 1 N–H and O–H groups in total. The van der Waals surface area contributed by atoms with E-state index >= 15 is 0 Å². The lowest BCUT2D eigenvalue weighted by atomic mass is 10.2. The minimum atomic E-state index is -1.20. The molecule has 1 rings (SSSR count). The molecule has 1 aromatic carbocycles. The summed E-state index contributed by atoms with van der Waals surface area (Å²) in [5.41, 5.74) is 1.36. The van der Waals surface area contributed by atoms with Crippen LogP contribution in [0, 0.1) is 0 Å². The lowest BCUT2D eigenvalue weighted by Gasteiger charge is -2.01. The minimum absolute atomic E-state index is 1.02. The second-order valence-electron chi connectivity index (χ2n) is 2.87. The van der Waals surface area contributed by atoms with Gasteiger partial charge in [0, 0.05) is 9.76 Å². The van der Waals surface area contributed by atoms with Gasteiger partial charge in [0.05, 0.1) is 0 Å². The standard InChI is InChI=1S/C8H14OSi2/c9-11(10)7-6-8-4-2-1-3-5-8/h1-5,9,11H,6-7H2,10H3. The minimum Gasteiger partial charge on any atom is -0.439 e. The maximum absolute atomic E-state index is 9.21. The van der Waals surface area contributed by atoms with Crippen LogP contribution >= 0.6 is 0 Å². The number of rotatable bonds is 3. The fourth-order valence-corrected chi connectivity index (χ4v) is 2.64. The van der Waals surface area contributed by atoms with E-state index in [1.165, 1.54) is 5.56 Å². The van der Waals surface area contributed by atoms with Gasteiger partial charge in [0.25, 0.3) is 0 Å². The third kappa shape index (κ3) is 3.50. The molecule has 0 bridgehead atoms. The van der Waals surface area contributed by atoms with Crippen LogP contribution in [0.3, 0.4) is 0 Å². The zero-order valence-corrected chi connectivity index (χ0v) is 9.98. The highest BCUT2D eigenvalue weighted by Crippen LogP contribution is 2.02. The van der Waals surface area contributed by atoms with Gasteiger partial charge in [-0.15, -0.1) is 0 Å². The summed E-state index contributed by atoms with van der Waals surface area (Å²) in [6.45, 7) is 0. The summed E-state index contributed by atoms with van der Waals surface area (Å²) in [7, 11) is -0.177. The Morgan fingerprint density at radius 1 is 1.27 bits per heavy atom. The predicted octanol–water partition coefficient (Wildman–Crippen LogP) is -0.193. The average molecular weight is 182 g/mol. The highest BCUT2D eigenvalue weighted by Gasteiger charge is 1.98. The quantitative estimate of drug-likeness (QED) is 0.642. The second kappa shape index (κ2) is 4.48. The highest BCUT2D eigenvalue weighted by atomic mass is 29.2. The van der Waals surface area contributed by atoms with Gasteiger partial charge >= 0.3 is 0 Å². The van der Waals surface area contributed by atoms with Gasteiger partial charge in [-0.05, 0) is 18.0 Å². The van der Waals surface area contributed by atoms with Crippen molar-refractivity contribution < 1.29 is 4.80 Å². The van der Waals surface area contributed by atoms with Gasteiger partial charge in [0.2, 0.25) is 0 Å². The van der Waals surface area contributed by atoms with E-state index in [0.717, 1.165) is 22.2 Å². The van der Waals surface area contributed by atoms with Crippen LogP contribution in [0.5, 0.6) is 0 Å². The molecule has 0 radical (unpaired) electrons. The highest BCUT2D eigenvalue weighted by molar-refractivity contribution is 6.98. The van der Waals surface area contributed by atoms with Crippen LogP contribution in [0.2, 0.25) is 6.04 Å². The summed E-state index contributed by atoms with van der Waals surface area (Å²) >= 11 is 0. The van der Waals surface area contributed by atoms with Crippen LogP contribution in [-0.4, -0.2) is 23.1 Å². The molecule has 3 heteroatoms. The Balaban J connectivity index is 2.39. The molecule has 0 fully saturated rings. The molecule has 1 nitrogen and oxygen atoms in total. The van der Waals surface area contributed by atoms with Crippen molar-refractivity contribution in [3.63, 3.8) is 0 Å². The zero-order chi connectivity index (χ0) is 8.10. The molecule has 1 unspecified atom stereocenters. The third-order valence-corrected chi connectivity index (χ3v) is 4.55. The van der Waals surface area contributed by atoms with Crippen molar-refractivity contribution >= 4 is 18.3 Å². The molecule has 0 amide bonds. The monoisotopic (exact) mass is 182 g/mol. The average Bonchev–Trinajstić information content (AvgIpc) is 2.03. The van der Waals surface area contributed by atoms with Crippen LogP contribution in [-0.2, 0) is 6.42 Å². The van der Waals surface area contributed by atoms with E-state index in [1.54, 1.807) is 0 Å². The molecular formula is C8H14OSi2. The molecular weight excluding hydrogens is 168 g/mol. The van der Waals surface area contributed by atoms with Gasteiger partial charge in [0.15, 0.2) is 0 Å². The Bertz CT molecular complexity index is 199. The number of benzene rings is 1. The molecule has 1 atom stereocenters. The van der Waals surface area contributed by atoms with Crippen LogP contribution in [0.25, 0.3) is 0 Å². The van der Waals surface area contributed by atoms with Gasteiger partial charge in [-0.25, -0.2) is 0 Å². The van der Waals surface area contributed by atoms with E-state index in [0.29, 0.717) is 0 Å². The first-order valence-electron chi connectivity index (χ1n) is 4.01. The fourth-order valence-electron chi connectivity index (χ4n) is 1.02. The molecule has 0 saturated heterocycles. The molecule has 60 valence electrons. The summed E-state index contributed by atoms with van der Waals surface area (Å²) in [5, 5.41) is 0. The van der Waals surface area contributed by atoms with Crippen LogP contribution in [0.1, 0.15) is 5.56 Å².